The number of non-ortho nitro benzene ring substituents is 1. The maximum absolute atomic E-state index is 11.7. The molecule has 6 nitrogen and oxygen atoms in total. The van der Waals surface area contributed by atoms with Gasteiger partial charge in [0.05, 0.1) is 12.0 Å². The fraction of sp³-hybridized carbons (Fsp3) is 0.214. The lowest BCUT2D eigenvalue weighted by Gasteiger charge is -2.00. The Balaban J connectivity index is 2.48. The van der Waals surface area contributed by atoms with Gasteiger partial charge in [-0.1, -0.05) is 0 Å². The maximum atomic E-state index is 11.7. The second-order valence-electron chi connectivity index (χ2n) is 4.28. The summed E-state index contributed by atoms with van der Waals surface area (Å²) in [4.78, 5) is 21.8. The molecule has 0 fully saturated rings. The first-order valence-electron chi connectivity index (χ1n) is 5.88. The zero-order valence-corrected chi connectivity index (χ0v) is 11.3. The van der Waals surface area contributed by atoms with Gasteiger partial charge in [0.2, 0.25) is 0 Å². The standard InChI is InChI=1S/C14H13NO5/c1-8-12(14(16)19-3)9(2)20-13(8)10-4-6-11(7-5-10)15(17)18/h4-7H,1-3H3. The number of nitro groups is 1. The molecule has 6 heteroatoms. The fourth-order valence-electron chi connectivity index (χ4n) is 2.07. The molecule has 0 radical (unpaired) electrons. The average Bonchev–Trinajstić information content (AvgIpc) is 2.73. The Morgan fingerprint density at radius 2 is 1.85 bits per heavy atom. The highest BCUT2D eigenvalue weighted by Crippen LogP contribution is 2.32. The zero-order chi connectivity index (χ0) is 14.9. The Morgan fingerprint density at radius 1 is 1.25 bits per heavy atom. The summed E-state index contributed by atoms with van der Waals surface area (Å²) in [6.07, 6.45) is 0. The van der Waals surface area contributed by atoms with Crippen molar-refractivity contribution in [2.24, 2.45) is 0 Å². The second-order valence-corrected chi connectivity index (χ2v) is 4.28. The van der Waals surface area contributed by atoms with Crippen LogP contribution in [-0.4, -0.2) is 18.0 Å². The Hall–Kier alpha value is -2.63. The zero-order valence-electron chi connectivity index (χ0n) is 11.3. The van der Waals surface area contributed by atoms with E-state index in [1.54, 1.807) is 26.0 Å². The first-order valence-corrected chi connectivity index (χ1v) is 5.88. The number of hydrogen-bond acceptors (Lipinski definition) is 5. The molecule has 1 aromatic carbocycles. The summed E-state index contributed by atoms with van der Waals surface area (Å²) in [5.41, 5.74) is 1.72. The fourth-order valence-corrected chi connectivity index (χ4v) is 2.07. The third kappa shape index (κ3) is 2.27. The molecule has 0 atom stereocenters. The van der Waals surface area contributed by atoms with Crippen molar-refractivity contribution in [1.29, 1.82) is 0 Å². The van der Waals surface area contributed by atoms with Gasteiger partial charge >= 0.3 is 5.97 Å². The molecule has 0 aliphatic heterocycles. The van der Waals surface area contributed by atoms with E-state index < -0.39 is 10.9 Å². The quantitative estimate of drug-likeness (QED) is 0.487. The van der Waals surface area contributed by atoms with Gasteiger partial charge in [0.15, 0.2) is 0 Å². The van der Waals surface area contributed by atoms with Gasteiger partial charge in [-0.05, 0) is 26.0 Å². The van der Waals surface area contributed by atoms with Crippen molar-refractivity contribution in [3.8, 4) is 11.3 Å². The predicted octanol–water partition coefficient (Wildman–Crippen LogP) is 3.26. The molecule has 0 N–H and O–H groups in total. The van der Waals surface area contributed by atoms with Crippen LogP contribution < -0.4 is 0 Å². The van der Waals surface area contributed by atoms with Gasteiger partial charge in [-0.3, -0.25) is 10.1 Å². The third-order valence-electron chi connectivity index (χ3n) is 3.05. The van der Waals surface area contributed by atoms with E-state index in [9.17, 15) is 14.9 Å². The Morgan fingerprint density at radius 3 is 2.35 bits per heavy atom. The highest BCUT2D eigenvalue weighted by atomic mass is 16.6. The molecule has 20 heavy (non-hydrogen) atoms. The summed E-state index contributed by atoms with van der Waals surface area (Å²) in [7, 11) is 1.31. The second kappa shape index (κ2) is 5.16. The van der Waals surface area contributed by atoms with Gasteiger partial charge in [0, 0.05) is 23.3 Å². The summed E-state index contributed by atoms with van der Waals surface area (Å²) >= 11 is 0. The van der Waals surface area contributed by atoms with Crippen LogP contribution in [0.3, 0.4) is 0 Å². The van der Waals surface area contributed by atoms with E-state index in [0.29, 0.717) is 28.2 Å². The van der Waals surface area contributed by atoms with Crippen molar-refractivity contribution in [2.45, 2.75) is 13.8 Å². The number of carbonyl (C=O) groups excluding carboxylic acids is 1. The Bertz CT molecular complexity index is 670. The van der Waals surface area contributed by atoms with Crippen LogP contribution in [0.25, 0.3) is 11.3 Å². The minimum atomic E-state index is -0.468. The van der Waals surface area contributed by atoms with E-state index in [1.807, 2.05) is 0 Å². The average molecular weight is 275 g/mol. The monoisotopic (exact) mass is 275 g/mol. The topological polar surface area (TPSA) is 82.6 Å². The molecule has 0 amide bonds. The first-order chi connectivity index (χ1) is 9.45. The molecular weight excluding hydrogens is 262 g/mol. The summed E-state index contributed by atoms with van der Waals surface area (Å²) in [6, 6.07) is 5.96. The van der Waals surface area contributed by atoms with Gasteiger partial charge in [0.25, 0.3) is 5.69 Å². The SMILES string of the molecule is COC(=O)c1c(C)oc(-c2ccc([N+](=O)[O-])cc2)c1C. The molecule has 2 aromatic rings. The van der Waals surface area contributed by atoms with Crippen molar-refractivity contribution >= 4 is 11.7 Å². The molecule has 1 aromatic heterocycles. The van der Waals surface area contributed by atoms with Gasteiger partial charge in [-0.25, -0.2) is 4.79 Å². The van der Waals surface area contributed by atoms with E-state index >= 15 is 0 Å². The van der Waals surface area contributed by atoms with Crippen LogP contribution in [0, 0.1) is 24.0 Å². The minimum Gasteiger partial charge on any atom is -0.465 e. The molecule has 0 aliphatic carbocycles. The molecule has 2 rings (SSSR count). The lowest BCUT2D eigenvalue weighted by molar-refractivity contribution is -0.384. The lowest BCUT2D eigenvalue weighted by atomic mass is 10.1. The van der Waals surface area contributed by atoms with Gasteiger partial charge in [-0.15, -0.1) is 0 Å². The van der Waals surface area contributed by atoms with Crippen molar-refractivity contribution < 1.29 is 18.9 Å². The van der Waals surface area contributed by atoms with Crippen LogP contribution >= 0.6 is 0 Å². The number of nitro benzene ring substituents is 1. The van der Waals surface area contributed by atoms with E-state index in [0.717, 1.165) is 0 Å². The van der Waals surface area contributed by atoms with Crippen LogP contribution in [0.15, 0.2) is 28.7 Å². The number of esters is 1. The van der Waals surface area contributed by atoms with Crippen LogP contribution in [0.4, 0.5) is 5.69 Å². The third-order valence-corrected chi connectivity index (χ3v) is 3.05. The van der Waals surface area contributed by atoms with Crippen LogP contribution in [0.1, 0.15) is 21.7 Å². The number of benzene rings is 1. The molecule has 0 saturated heterocycles. The number of hydrogen-bond donors (Lipinski definition) is 0. The molecular formula is C14H13NO5. The summed E-state index contributed by atoms with van der Waals surface area (Å²) < 4.78 is 10.3. The Kier molecular flexibility index (Phi) is 3.56. The van der Waals surface area contributed by atoms with Gasteiger partial charge in [-0.2, -0.15) is 0 Å². The normalized spacial score (nSPS) is 10.3. The largest absolute Gasteiger partial charge is 0.465 e. The molecule has 0 bridgehead atoms. The molecule has 0 spiro atoms. The number of nitrogens with zero attached hydrogens (tertiary/aromatic N) is 1. The molecule has 1 heterocycles. The van der Waals surface area contributed by atoms with Crippen LogP contribution in [0.2, 0.25) is 0 Å². The number of rotatable bonds is 3. The number of methoxy groups -OCH3 is 1. The lowest BCUT2D eigenvalue weighted by Crippen LogP contribution is -2.03. The maximum Gasteiger partial charge on any atom is 0.341 e. The molecule has 0 aliphatic rings. The molecule has 0 saturated carbocycles. The number of carbonyl (C=O) groups is 1. The van der Waals surface area contributed by atoms with E-state index in [2.05, 4.69) is 0 Å². The highest BCUT2D eigenvalue weighted by molar-refractivity contribution is 5.94. The van der Waals surface area contributed by atoms with Gasteiger partial charge < -0.3 is 9.15 Å². The highest BCUT2D eigenvalue weighted by Gasteiger charge is 2.22. The summed E-state index contributed by atoms with van der Waals surface area (Å²) in [5.74, 6) is 0.511. The summed E-state index contributed by atoms with van der Waals surface area (Å²) in [6.45, 7) is 3.42. The number of ether oxygens (including phenoxy) is 1. The van der Waals surface area contributed by atoms with Crippen LogP contribution in [0.5, 0.6) is 0 Å². The first kappa shape index (κ1) is 13.8. The smallest absolute Gasteiger partial charge is 0.341 e. The molecule has 0 unspecified atom stereocenters. The van der Waals surface area contributed by atoms with E-state index in [-0.39, 0.29) is 5.69 Å². The predicted molar refractivity (Wildman–Crippen MR) is 71.6 cm³/mol. The Labute approximate surface area is 115 Å². The van der Waals surface area contributed by atoms with Crippen molar-refractivity contribution in [3.63, 3.8) is 0 Å². The molecule has 104 valence electrons. The van der Waals surface area contributed by atoms with Crippen molar-refractivity contribution in [3.05, 3.63) is 51.3 Å². The number of furan rings is 1. The van der Waals surface area contributed by atoms with Crippen LogP contribution in [-0.2, 0) is 4.74 Å². The minimum absolute atomic E-state index is 0.00266. The van der Waals surface area contributed by atoms with Gasteiger partial charge in [0.1, 0.15) is 17.1 Å². The summed E-state index contributed by atoms with van der Waals surface area (Å²) in [5, 5.41) is 10.6. The van der Waals surface area contributed by atoms with Crippen molar-refractivity contribution in [2.75, 3.05) is 7.11 Å². The van der Waals surface area contributed by atoms with E-state index in [1.165, 1.54) is 19.2 Å². The number of aryl methyl sites for hydroxylation is 1. The van der Waals surface area contributed by atoms with E-state index in [4.69, 9.17) is 9.15 Å². The van der Waals surface area contributed by atoms with Crippen molar-refractivity contribution in [1.82, 2.24) is 0 Å².